The first-order valence-electron chi connectivity index (χ1n) is 10.8. The maximum atomic E-state index is 12.5. The van der Waals surface area contributed by atoms with Crippen molar-refractivity contribution in [2.45, 2.75) is 29.5 Å². The molecule has 0 radical (unpaired) electrons. The monoisotopic (exact) mass is 577 g/mol. The summed E-state index contributed by atoms with van der Waals surface area (Å²) in [5.74, 6) is -2.15. The van der Waals surface area contributed by atoms with E-state index in [1.165, 1.54) is 11.3 Å². The van der Waals surface area contributed by atoms with Crippen LogP contribution in [0.5, 0.6) is 5.88 Å². The van der Waals surface area contributed by atoms with Gasteiger partial charge in [-0.1, -0.05) is 23.9 Å². The maximum absolute atomic E-state index is 12.5. The third kappa shape index (κ3) is 7.84. The highest BCUT2D eigenvalue weighted by atomic mass is 32.2. The molecule has 1 saturated heterocycles. The Labute approximate surface area is 228 Å². The molecule has 2 unspecified atom stereocenters. The molecule has 3 heterocycles. The number of aliphatic imine (C=N–C) groups is 1. The highest BCUT2D eigenvalue weighted by molar-refractivity contribution is 8.15. The first kappa shape index (κ1) is 28.7. The van der Waals surface area contributed by atoms with Gasteiger partial charge in [0.15, 0.2) is 5.17 Å². The summed E-state index contributed by atoms with van der Waals surface area (Å²) in [6, 6.07) is 9.89. The summed E-state index contributed by atoms with van der Waals surface area (Å²) in [7, 11) is 0. The molecule has 2 atom stereocenters. The number of carboxylic acid groups (broad SMARTS) is 1. The minimum absolute atomic E-state index is 0.0762. The van der Waals surface area contributed by atoms with Crippen LogP contribution in [0.4, 0.5) is 5.69 Å². The molecule has 0 spiro atoms. The number of carbonyl (C=O) groups is 3. The third-order valence-electron chi connectivity index (χ3n) is 4.79. The van der Waals surface area contributed by atoms with Crippen molar-refractivity contribution in [2.75, 3.05) is 11.6 Å². The van der Waals surface area contributed by atoms with E-state index in [-0.39, 0.29) is 29.0 Å². The summed E-state index contributed by atoms with van der Waals surface area (Å²) < 4.78 is 0. The van der Waals surface area contributed by atoms with Gasteiger partial charge in [0.1, 0.15) is 16.9 Å². The Balaban J connectivity index is 0.000000934. The fraction of sp³-hybridized carbons (Fsp3) is 0.217. The van der Waals surface area contributed by atoms with Crippen molar-refractivity contribution in [1.29, 1.82) is 0 Å². The Morgan fingerprint density at radius 3 is 2.55 bits per heavy atom. The Hall–Kier alpha value is -3.82. The number of rotatable bonds is 7. The normalized spacial score (nSPS) is 16.3. The van der Waals surface area contributed by atoms with Gasteiger partial charge in [-0.2, -0.15) is 0 Å². The van der Waals surface area contributed by atoms with Crippen molar-refractivity contribution in [1.82, 2.24) is 15.3 Å². The Bertz CT molecular complexity index is 1460. The molecule has 0 aliphatic carbocycles. The van der Waals surface area contributed by atoms with E-state index in [1.807, 2.05) is 24.5 Å². The number of hydrogen-bond acceptors (Lipinski definition) is 10. The van der Waals surface area contributed by atoms with Gasteiger partial charge >= 0.3 is 5.69 Å². The van der Waals surface area contributed by atoms with E-state index in [0.29, 0.717) is 10.6 Å². The van der Waals surface area contributed by atoms with Gasteiger partial charge in [0, 0.05) is 28.8 Å². The molecule has 0 saturated carbocycles. The first-order chi connectivity index (χ1) is 18.1. The van der Waals surface area contributed by atoms with Crippen LogP contribution in [0.15, 0.2) is 61.3 Å². The largest absolute Gasteiger partial charge is 0.494 e. The number of H-pyrrole nitrogens is 2. The van der Waals surface area contributed by atoms with E-state index < -0.39 is 34.4 Å². The van der Waals surface area contributed by atoms with Gasteiger partial charge in [0.25, 0.3) is 11.5 Å². The molecule has 2 aromatic heterocycles. The molecule has 1 aliphatic heterocycles. The second kappa shape index (κ2) is 13.1. The standard InChI is InChI=1S/C21H19N5O5S3.C2H4O2/c1-32-11-5-2-4-10(8-11)22-14(27)9-13-17(28)26-21(34-13)23-16(12-6-3-7-33-12)15-18(29)24-20(31)25-19(15)30;1-2(3)4/h2-8,13,16H,9H2,1H3,(H,22,27)(H,23,26,28)(H3,24,25,29,30,31);1H3,(H,3,4). The van der Waals surface area contributed by atoms with Crippen LogP contribution in [-0.2, 0) is 14.4 Å². The van der Waals surface area contributed by atoms with Crippen LogP contribution in [0, 0.1) is 0 Å². The number of carboxylic acids is 1. The van der Waals surface area contributed by atoms with E-state index in [0.717, 1.165) is 23.6 Å². The fourth-order valence-electron chi connectivity index (χ4n) is 3.25. The number of aliphatic carboxylic acids is 1. The number of aromatic hydroxyl groups is 1. The van der Waals surface area contributed by atoms with Gasteiger partial charge in [0.2, 0.25) is 17.7 Å². The zero-order chi connectivity index (χ0) is 27.8. The summed E-state index contributed by atoms with van der Waals surface area (Å²) in [6.45, 7) is 1.08. The minimum Gasteiger partial charge on any atom is -0.494 e. The van der Waals surface area contributed by atoms with Crippen LogP contribution in [0.3, 0.4) is 0 Å². The van der Waals surface area contributed by atoms with Gasteiger partial charge in [-0.3, -0.25) is 29.1 Å². The van der Waals surface area contributed by atoms with Crippen LogP contribution in [0.25, 0.3) is 0 Å². The van der Waals surface area contributed by atoms with Gasteiger partial charge < -0.3 is 20.8 Å². The Kier molecular flexibility index (Phi) is 9.92. The van der Waals surface area contributed by atoms with Crippen molar-refractivity contribution in [2.24, 2.45) is 4.99 Å². The second-order valence-electron chi connectivity index (χ2n) is 7.62. The summed E-state index contributed by atoms with van der Waals surface area (Å²) in [4.78, 5) is 68.2. The molecule has 2 amide bonds. The van der Waals surface area contributed by atoms with Gasteiger partial charge in [-0.15, -0.1) is 23.1 Å². The number of amides is 2. The van der Waals surface area contributed by atoms with E-state index in [4.69, 9.17) is 9.90 Å². The molecule has 1 fully saturated rings. The summed E-state index contributed by atoms with van der Waals surface area (Å²) in [5, 5.41) is 24.3. The number of thiophene rings is 1. The maximum Gasteiger partial charge on any atom is 0.328 e. The average Bonchev–Trinajstić information content (AvgIpc) is 3.47. The van der Waals surface area contributed by atoms with Crippen molar-refractivity contribution in [3.8, 4) is 5.88 Å². The number of nitrogens with zero attached hydrogens (tertiary/aromatic N) is 1. The summed E-state index contributed by atoms with van der Waals surface area (Å²) in [6.07, 6.45) is 1.86. The average molecular weight is 578 g/mol. The molecule has 12 nitrogen and oxygen atoms in total. The number of aromatic amines is 2. The van der Waals surface area contributed by atoms with Crippen LogP contribution < -0.4 is 21.9 Å². The van der Waals surface area contributed by atoms with Gasteiger partial charge in [-0.25, -0.2) is 9.79 Å². The molecule has 1 aliphatic rings. The minimum atomic E-state index is -0.967. The van der Waals surface area contributed by atoms with Crippen LogP contribution in [0.2, 0.25) is 0 Å². The molecular formula is C23H23N5O7S3. The van der Waals surface area contributed by atoms with E-state index in [2.05, 4.69) is 25.6 Å². The quantitative estimate of drug-likeness (QED) is 0.229. The van der Waals surface area contributed by atoms with Crippen molar-refractivity contribution < 1.29 is 24.6 Å². The fourth-order valence-corrected chi connectivity index (χ4v) is 5.48. The molecule has 15 heteroatoms. The van der Waals surface area contributed by atoms with E-state index in [1.54, 1.807) is 35.3 Å². The molecular weight excluding hydrogens is 554 g/mol. The van der Waals surface area contributed by atoms with Crippen LogP contribution >= 0.6 is 34.9 Å². The summed E-state index contributed by atoms with van der Waals surface area (Å²) in [5.41, 5.74) is -1.15. The zero-order valence-electron chi connectivity index (χ0n) is 20.0. The SMILES string of the molecule is CC(=O)O.CSc1cccc(NC(=O)CC2SC(=NC(c3cccs3)c3c(O)[nH]c(=O)[nH]c3=O)NC2=O)c1. The molecule has 1 aromatic carbocycles. The smallest absolute Gasteiger partial charge is 0.328 e. The number of aromatic nitrogens is 2. The second-order valence-corrected chi connectivity index (χ2v) is 10.7. The first-order valence-corrected chi connectivity index (χ1v) is 13.8. The molecule has 3 aromatic rings. The van der Waals surface area contributed by atoms with Crippen molar-refractivity contribution >= 4 is 63.5 Å². The molecule has 0 bridgehead atoms. The summed E-state index contributed by atoms with van der Waals surface area (Å²) >= 11 is 3.91. The molecule has 38 heavy (non-hydrogen) atoms. The van der Waals surface area contributed by atoms with Crippen LogP contribution in [0.1, 0.15) is 29.8 Å². The molecule has 6 N–H and O–H groups in total. The molecule has 200 valence electrons. The number of nitrogens with one attached hydrogen (secondary N) is 4. The van der Waals surface area contributed by atoms with Gasteiger partial charge in [-0.05, 0) is 35.9 Å². The topological polar surface area (TPSA) is 194 Å². The number of carbonyl (C=O) groups excluding carboxylic acids is 2. The number of thioether (sulfide) groups is 2. The lowest BCUT2D eigenvalue weighted by molar-refractivity contribution is -0.134. The highest BCUT2D eigenvalue weighted by Gasteiger charge is 2.34. The number of anilines is 1. The Morgan fingerprint density at radius 2 is 1.92 bits per heavy atom. The number of amidine groups is 1. The van der Waals surface area contributed by atoms with Crippen molar-refractivity contribution in [3.63, 3.8) is 0 Å². The van der Waals surface area contributed by atoms with E-state index >= 15 is 0 Å². The molecule has 4 rings (SSSR count). The predicted octanol–water partition coefficient (Wildman–Crippen LogP) is 2.35. The lowest BCUT2D eigenvalue weighted by atomic mass is 10.1. The number of benzene rings is 1. The van der Waals surface area contributed by atoms with Crippen molar-refractivity contribution in [3.05, 3.63) is 73.1 Å². The third-order valence-corrected chi connectivity index (χ3v) is 7.54. The zero-order valence-corrected chi connectivity index (χ0v) is 22.5. The van der Waals surface area contributed by atoms with E-state index in [9.17, 15) is 24.3 Å². The lowest BCUT2D eigenvalue weighted by Crippen LogP contribution is -2.29. The Morgan fingerprint density at radius 1 is 1.18 bits per heavy atom. The lowest BCUT2D eigenvalue weighted by Gasteiger charge is -2.12. The highest BCUT2D eigenvalue weighted by Crippen LogP contribution is 2.33. The van der Waals surface area contributed by atoms with Gasteiger partial charge in [0.05, 0.1) is 0 Å². The van der Waals surface area contributed by atoms with Crippen LogP contribution in [-0.4, -0.2) is 54.6 Å². The number of hydrogen-bond donors (Lipinski definition) is 6. The predicted molar refractivity (Wildman–Crippen MR) is 147 cm³/mol.